The number of halogens is 3. The maximum atomic E-state index is 13.2. The Morgan fingerprint density at radius 3 is 2.68 bits per heavy atom. The van der Waals surface area contributed by atoms with E-state index in [0.717, 1.165) is 12.1 Å². The van der Waals surface area contributed by atoms with Crippen LogP contribution in [0.3, 0.4) is 0 Å². The summed E-state index contributed by atoms with van der Waals surface area (Å²) in [7, 11) is 0. The Bertz CT molecular complexity index is 902. The lowest BCUT2D eigenvalue weighted by Gasteiger charge is -2.29. The Morgan fingerprint density at radius 2 is 1.96 bits per heavy atom. The maximum absolute atomic E-state index is 13.2. The highest BCUT2D eigenvalue weighted by molar-refractivity contribution is 5.97. The number of fused-ring (bicyclic) bond motifs is 1. The van der Waals surface area contributed by atoms with E-state index in [1.807, 2.05) is 0 Å². The largest absolute Gasteiger partial charge is 0.482 e. The van der Waals surface area contributed by atoms with Crippen LogP contribution >= 0.6 is 0 Å². The molecule has 2 aromatic carbocycles. The number of carbonyl (C=O) groups excluding carboxylic acids is 1. The van der Waals surface area contributed by atoms with E-state index in [2.05, 4.69) is 5.32 Å². The quantitative estimate of drug-likeness (QED) is 0.456. The highest BCUT2D eigenvalue weighted by Crippen LogP contribution is 2.37. The molecular weight excluding hydrogens is 379 g/mol. The van der Waals surface area contributed by atoms with Crippen LogP contribution < -0.4 is 15.0 Å². The van der Waals surface area contributed by atoms with E-state index in [9.17, 15) is 28.1 Å². The lowest BCUT2D eigenvalue weighted by Crippen LogP contribution is -2.39. The summed E-state index contributed by atoms with van der Waals surface area (Å²) in [5.41, 5.74) is -1.36. The van der Waals surface area contributed by atoms with Gasteiger partial charge in [0.1, 0.15) is 5.75 Å². The van der Waals surface area contributed by atoms with Crippen molar-refractivity contribution in [1.29, 1.82) is 0 Å². The third-order valence-corrected chi connectivity index (χ3v) is 4.20. The first-order valence-corrected chi connectivity index (χ1v) is 8.39. The van der Waals surface area contributed by atoms with Gasteiger partial charge in [-0.25, -0.2) is 0 Å². The van der Waals surface area contributed by atoms with Crippen molar-refractivity contribution in [2.24, 2.45) is 0 Å². The van der Waals surface area contributed by atoms with Gasteiger partial charge in [0.25, 0.3) is 11.6 Å². The summed E-state index contributed by atoms with van der Waals surface area (Å²) in [6, 6.07) is 9.57. The van der Waals surface area contributed by atoms with Crippen LogP contribution in [0.15, 0.2) is 42.5 Å². The van der Waals surface area contributed by atoms with Crippen LogP contribution in [0.5, 0.6) is 5.75 Å². The molecule has 1 aliphatic heterocycles. The minimum atomic E-state index is -4.73. The molecule has 28 heavy (non-hydrogen) atoms. The SMILES string of the molecule is O=C1COc2ccccc2N1CCCNc1ccc([N+](=O)[O-])cc1C(F)(F)F. The van der Waals surface area contributed by atoms with E-state index in [1.165, 1.54) is 4.90 Å². The van der Waals surface area contributed by atoms with Gasteiger partial charge in [-0.2, -0.15) is 13.2 Å². The van der Waals surface area contributed by atoms with Crippen molar-refractivity contribution in [2.75, 3.05) is 29.9 Å². The predicted octanol–water partition coefficient (Wildman–Crippen LogP) is 3.84. The Hall–Kier alpha value is -3.30. The molecule has 0 aliphatic carbocycles. The van der Waals surface area contributed by atoms with Gasteiger partial charge < -0.3 is 15.0 Å². The second-order valence-electron chi connectivity index (χ2n) is 6.07. The number of non-ortho nitro benzene ring substituents is 1. The number of hydrogen-bond acceptors (Lipinski definition) is 5. The molecule has 1 amide bonds. The molecule has 0 fully saturated rings. The van der Waals surface area contributed by atoms with Crippen LogP contribution in [-0.2, 0) is 11.0 Å². The number of ether oxygens (including phenoxy) is 1. The zero-order valence-electron chi connectivity index (χ0n) is 14.5. The lowest BCUT2D eigenvalue weighted by atomic mass is 10.1. The number of nitrogens with zero attached hydrogens (tertiary/aromatic N) is 2. The fraction of sp³-hybridized carbons (Fsp3) is 0.278. The lowest BCUT2D eigenvalue weighted by molar-refractivity contribution is -0.385. The number of benzene rings is 2. The molecular formula is C18H16F3N3O4. The molecule has 0 bridgehead atoms. The first-order valence-electron chi connectivity index (χ1n) is 8.39. The van der Waals surface area contributed by atoms with E-state index in [0.29, 0.717) is 30.5 Å². The summed E-state index contributed by atoms with van der Waals surface area (Å²) < 4.78 is 44.9. The number of carbonyl (C=O) groups is 1. The van der Waals surface area contributed by atoms with Crippen LogP contribution in [0.2, 0.25) is 0 Å². The predicted molar refractivity (Wildman–Crippen MR) is 95.5 cm³/mol. The van der Waals surface area contributed by atoms with Crippen molar-refractivity contribution in [2.45, 2.75) is 12.6 Å². The summed E-state index contributed by atoms with van der Waals surface area (Å²) in [5.74, 6) is 0.342. The number of alkyl halides is 3. The van der Waals surface area contributed by atoms with Crippen molar-refractivity contribution in [1.82, 2.24) is 0 Å². The third-order valence-electron chi connectivity index (χ3n) is 4.20. The molecule has 1 N–H and O–H groups in total. The van der Waals surface area contributed by atoms with Crippen LogP contribution in [0.25, 0.3) is 0 Å². The molecule has 10 heteroatoms. The van der Waals surface area contributed by atoms with Crippen LogP contribution in [0.1, 0.15) is 12.0 Å². The molecule has 0 radical (unpaired) electrons. The number of hydrogen-bond donors (Lipinski definition) is 1. The van der Waals surface area contributed by atoms with Gasteiger partial charge in [0, 0.05) is 30.9 Å². The molecule has 0 saturated carbocycles. The summed E-state index contributed by atoms with van der Waals surface area (Å²) in [6.07, 6.45) is -4.36. The van der Waals surface area contributed by atoms with E-state index in [4.69, 9.17) is 4.74 Å². The molecule has 0 aromatic heterocycles. The Kier molecular flexibility index (Phi) is 5.39. The Labute approximate surface area is 157 Å². The highest BCUT2D eigenvalue weighted by atomic mass is 19.4. The fourth-order valence-electron chi connectivity index (χ4n) is 2.89. The monoisotopic (exact) mass is 395 g/mol. The van der Waals surface area contributed by atoms with E-state index < -0.39 is 22.4 Å². The zero-order valence-corrected chi connectivity index (χ0v) is 14.5. The minimum Gasteiger partial charge on any atom is -0.482 e. The summed E-state index contributed by atoms with van der Waals surface area (Å²) >= 11 is 0. The summed E-state index contributed by atoms with van der Waals surface area (Å²) in [5, 5.41) is 13.4. The number of amides is 1. The molecule has 1 heterocycles. The topological polar surface area (TPSA) is 84.7 Å². The number of rotatable bonds is 6. The Balaban J connectivity index is 1.66. The number of anilines is 2. The Morgan fingerprint density at radius 1 is 1.21 bits per heavy atom. The number of nitrogens with one attached hydrogen (secondary N) is 1. The van der Waals surface area contributed by atoms with Crippen molar-refractivity contribution in [3.63, 3.8) is 0 Å². The molecule has 148 valence electrons. The van der Waals surface area contributed by atoms with Gasteiger partial charge in [0.15, 0.2) is 6.61 Å². The third kappa shape index (κ3) is 4.16. The second kappa shape index (κ2) is 7.75. The van der Waals surface area contributed by atoms with E-state index in [1.54, 1.807) is 24.3 Å². The average molecular weight is 395 g/mol. The molecule has 0 unspecified atom stereocenters. The van der Waals surface area contributed by atoms with Gasteiger partial charge >= 0.3 is 6.18 Å². The number of nitro groups is 1. The molecule has 0 saturated heterocycles. The molecule has 1 aliphatic rings. The average Bonchev–Trinajstić information content (AvgIpc) is 2.65. The van der Waals surface area contributed by atoms with Crippen LogP contribution in [0, 0.1) is 10.1 Å². The summed E-state index contributed by atoms with van der Waals surface area (Å²) in [4.78, 5) is 23.5. The van der Waals surface area contributed by atoms with Gasteiger partial charge in [-0.15, -0.1) is 0 Å². The van der Waals surface area contributed by atoms with Gasteiger partial charge in [0.05, 0.1) is 16.2 Å². The van der Waals surface area contributed by atoms with E-state index in [-0.39, 0.29) is 24.7 Å². The molecule has 3 rings (SSSR count). The van der Waals surface area contributed by atoms with Crippen LogP contribution in [0.4, 0.5) is 30.2 Å². The first kappa shape index (κ1) is 19.5. The van der Waals surface area contributed by atoms with Gasteiger partial charge in [-0.3, -0.25) is 14.9 Å². The smallest absolute Gasteiger partial charge is 0.418 e. The van der Waals surface area contributed by atoms with Gasteiger partial charge in [-0.05, 0) is 24.6 Å². The molecule has 0 spiro atoms. The zero-order chi connectivity index (χ0) is 20.3. The minimum absolute atomic E-state index is 0.0922. The maximum Gasteiger partial charge on any atom is 0.418 e. The number of nitro benzene ring substituents is 1. The van der Waals surface area contributed by atoms with Crippen molar-refractivity contribution in [3.05, 3.63) is 58.1 Å². The normalized spacial score (nSPS) is 13.7. The standard InChI is InChI=1S/C18H16F3N3O4/c19-18(20,21)13-10-12(24(26)27)6-7-14(13)22-8-3-9-23-15-4-1-2-5-16(15)28-11-17(23)25/h1-2,4-7,10,22H,3,8-9,11H2. The molecule has 2 aromatic rings. The molecule has 0 atom stereocenters. The fourth-order valence-corrected chi connectivity index (χ4v) is 2.89. The van der Waals surface area contributed by atoms with E-state index >= 15 is 0 Å². The van der Waals surface area contributed by atoms with Crippen molar-refractivity contribution in [3.8, 4) is 5.75 Å². The van der Waals surface area contributed by atoms with Crippen molar-refractivity contribution < 1.29 is 27.6 Å². The highest BCUT2D eigenvalue weighted by Gasteiger charge is 2.35. The van der Waals surface area contributed by atoms with Crippen LogP contribution in [-0.4, -0.2) is 30.5 Å². The van der Waals surface area contributed by atoms with Gasteiger partial charge in [-0.1, -0.05) is 12.1 Å². The number of para-hydroxylation sites is 2. The first-order chi connectivity index (χ1) is 13.3. The van der Waals surface area contributed by atoms with Gasteiger partial charge in [0.2, 0.25) is 0 Å². The van der Waals surface area contributed by atoms with Crippen molar-refractivity contribution >= 4 is 23.0 Å². The summed E-state index contributed by atoms with van der Waals surface area (Å²) in [6.45, 7) is 0.346. The molecule has 7 nitrogen and oxygen atoms in total. The second-order valence-corrected chi connectivity index (χ2v) is 6.07.